The molecule has 2 aromatic rings. The van der Waals surface area contributed by atoms with E-state index in [1.165, 1.54) is 18.7 Å². The van der Waals surface area contributed by atoms with Crippen LogP contribution in [-0.4, -0.2) is 47.6 Å². The van der Waals surface area contributed by atoms with Crippen LogP contribution in [0.3, 0.4) is 0 Å². The van der Waals surface area contributed by atoms with Crippen LogP contribution in [0.5, 0.6) is 0 Å². The average molecular weight is 361 g/mol. The molecule has 1 aliphatic rings. The van der Waals surface area contributed by atoms with Crippen LogP contribution >= 0.6 is 0 Å². The van der Waals surface area contributed by atoms with Gasteiger partial charge in [0, 0.05) is 45.3 Å². The summed E-state index contributed by atoms with van der Waals surface area (Å²) in [7, 11) is -1.85. The van der Waals surface area contributed by atoms with Crippen molar-refractivity contribution in [2.45, 2.75) is 17.9 Å². The van der Waals surface area contributed by atoms with Gasteiger partial charge in [0.25, 0.3) is 10.0 Å². The van der Waals surface area contributed by atoms with E-state index < -0.39 is 10.0 Å². The van der Waals surface area contributed by atoms with Crippen molar-refractivity contribution < 1.29 is 8.42 Å². The van der Waals surface area contributed by atoms with Crippen molar-refractivity contribution in [1.29, 1.82) is 5.26 Å². The number of sulfonamides is 1. The van der Waals surface area contributed by atoms with Crippen molar-refractivity contribution >= 4 is 15.8 Å². The minimum atomic E-state index is -3.58. The van der Waals surface area contributed by atoms with Crippen LogP contribution in [-0.2, 0) is 17.1 Å². The zero-order valence-electron chi connectivity index (χ0n) is 13.8. The number of rotatable bonds is 5. The summed E-state index contributed by atoms with van der Waals surface area (Å²) in [5.74, 6) is 0.828. The molecule has 1 fully saturated rings. The zero-order chi connectivity index (χ0) is 17.9. The van der Waals surface area contributed by atoms with E-state index in [2.05, 4.69) is 25.7 Å². The molecule has 0 bridgehead atoms. The molecule has 132 valence electrons. The molecule has 10 heteroatoms. The lowest BCUT2D eigenvalue weighted by molar-refractivity contribution is 0.400. The molecule has 1 aliphatic heterocycles. The molecule has 3 heterocycles. The highest BCUT2D eigenvalue weighted by Crippen LogP contribution is 2.23. The van der Waals surface area contributed by atoms with Gasteiger partial charge in [-0.2, -0.15) is 5.26 Å². The van der Waals surface area contributed by atoms with Crippen LogP contribution in [0.1, 0.15) is 18.5 Å². The van der Waals surface area contributed by atoms with E-state index in [9.17, 15) is 8.42 Å². The smallest absolute Gasteiger partial charge is 0.259 e. The number of nitrogens with one attached hydrogen (secondary N) is 1. The molecule has 0 spiro atoms. The Bertz CT molecular complexity index is 879. The van der Waals surface area contributed by atoms with Crippen LogP contribution in [0.4, 0.5) is 5.82 Å². The number of hydrogen-bond donors (Lipinski definition) is 1. The van der Waals surface area contributed by atoms with E-state index in [0.29, 0.717) is 31.1 Å². The largest absolute Gasteiger partial charge is 0.354 e. The lowest BCUT2D eigenvalue weighted by Crippen LogP contribution is -2.39. The standard InChI is InChI=1S/C15H19N7O2S/c1-21-10-14(19-11-21)25(23,24)20-9-12-2-6-22(7-3-12)15-13(8-16)17-4-5-18-15/h4-5,10-12,20H,2-3,6-7,9H2,1H3. The van der Waals surface area contributed by atoms with Gasteiger partial charge in [-0.05, 0) is 18.8 Å². The van der Waals surface area contributed by atoms with Gasteiger partial charge in [-0.15, -0.1) is 0 Å². The van der Waals surface area contributed by atoms with E-state index in [1.807, 2.05) is 4.90 Å². The maximum absolute atomic E-state index is 12.2. The lowest BCUT2D eigenvalue weighted by atomic mass is 9.97. The van der Waals surface area contributed by atoms with Crippen molar-refractivity contribution in [1.82, 2.24) is 24.2 Å². The first-order valence-corrected chi connectivity index (χ1v) is 9.41. The Morgan fingerprint density at radius 2 is 2.00 bits per heavy atom. The van der Waals surface area contributed by atoms with Gasteiger partial charge in [0.05, 0.1) is 6.33 Å². The van der Waals surface area contributed by atoms with E-state index in [0.717, 1.165) is 12.8 Å². The summed E-state index contributed by atoms with van der Waals surface area (Å²) in [5.41, 5.74) is 0.316. The normalized spacial score (nSPS) is 15.9. The predicted octanol–water partition coefficient (Wildman–Crippen LogP) is 0.277. The second kappa shape index (κ2) is 7.16. The highest BCUT2D eigenvalue weighted by Gasteiger charge is 2.24. The van der Waals surface area contributed by atoms with Gasteiger partial charge in [0.1, 0.15) is 6.07 Å². The summed E-state index contributed by atoms with van der Waals surface area (Å²) >= 11 is 0. The van der Waals surface area contributed by atoms with Crippen LogP contribution in [0.2, 0.25) is 0 Å². The molecule has 0 unspecified atom stereocenters. The Labute approximate surface area is 146 Å². The Morgan fingerprint density at radius 1 is 1.28 bits per heavy atom. The van der Waals surface area contributed by atoms with E-state index in [1.54, 1.807) is 17.8 Å². The molecular weight excluding hydrogens is 342 g/mol. The Morgan fingerprint density at radius 3 is 2.64 bits per heavy atom. The Hall–Kier alpha value is -2.51. The van der Waals surface area contributed by atoms with Crippen LogP contribution in [0.25, 0.3) is 0 Å². The monoisotopic (exact) mass is 361 g/mol. The van der Waals surface area contributed by atoms with Gasteiger partial charge in [-0.25, -0.2) is 28.1 Å². The fourth-order valence-corrected chi connectivity index (χ4v) is 3.91. The third-order valence-corrected chi connectivity index (χ3v) is 5.53. The van der Waals surface area contributed by atoms with Crippen molar-refractivity contribution in [3.63, 3.8) is 0 Å². The van der Waals surface area contributed by atoms with E-state index in [4.69, 9.17) is 5.26 Å². The van der Waals surface area contributed by atoms with Gasteiger partial charge < -0.3 is 9.47 Å². The highest BCUT2D eigenvalue weighted by molar-refractivity contribution is 7.89. The maximum atomic E-state index is 12.2. The summed E-state index contributed by atoms with van der Waals surface area (Å²) in [5, 5.41) is 9.15. The number of piperidine rings is 1. The van der Waals surface area contributed by atoms with Crippen molar-refractivity contribution in [2.75, 3.05) is 24.5 Å². The number of aromatic nitrogens is 4. The molecular formula is C15H19N7O2S. The Kier molecular flexibility index (Phi) is 4.96. The quantitative estimate of drug-likeness (QED) is 0.812. The number of anilines is 1. The molecule has 1 saturated heterocycles. The topological polar surface area (TPSA) is 117 Å². The SMILES string of the molecule is Cn1cnc(S(=O)(=O)NCC2CCN(c3nccnc3C#N)CC2)c1. The van der Waals surface area contributed by atoms with Gasteiger partial charge in [0.15, 0.2) is 16.5 Å². The summed E-state index contributed by atoms with van der Waals surface area (Å²) in [4.78, 5) is 14.2. The fourth-order valence-electron chi connectivity index (χ4n) is 2.82. The molecule has 0 atom stereocenters. The molecule has 0 amide bonds. The van der Waals surface area contributed by atoms with E-state index in [-0.39, 0.29) is 10.9 Å². The molecule has 25 heavy (non-hydrogen) atoms. The minimum Gasteiger partial charge on any atom is -0.354 e. The van der Waals surface area contributed by atoms with Crippen molar-refractivity contribution in [3.05, 3.63) is 30.6 Å². The summed E-state index contributed by atoms with van der Waals surface area (Å²) < 4.78 is 28.6. The zero-order valence-corrected chi connectivity index (χ0v) is 14.6. The van der Waals surface area contributed by atoms with Gasteiger partial charge in [0.2, 0.25) is 0 Å². The van der Waals surface area contributed by atoms with Crippen LogP contribution in [0, 0.1) is 17.2 Å². The summed E-state index contributed by atoms with van der Waals surface area (Å²) in [6.45, 7) is 1.80. The van der Waals surface area contributed by atoms with Crippen molar-refractivity contribution in [3.8, 4) is 6.07 Å². The molecule has 0 radical (unpaired) electrons. The average Bonchev–Trinajstić information content (AvgIpc) is 3.08. The maximum Gasteiger partial charge on any atom is 0.259 e. The predicted molar refractivity (Wildman–Crippen MR) is 90.1 cm³/mol. The molecule has 3 rings (SSSR count). The van der Waals surface area contributed by atoms with E-state index >= 15 is 0 Å². The summed E-state index contributed by atoms with van der Waals surface area (Å²) in [6, 6.07) is 2.05. The summed E-state index contributed by atoms with van der Waals surface area (Å²) in [6.07, 6.45) is 7.63. The minimum absolute atomic E-state index is 0.0330. The van der Waals surface area contributed by atoms with Crippen molar-refractivity contribution in [2.24, 2.45) is 13.0 Å². The number of hydrogen-bond acceptors (Lipinski definition) is 7. The molecule has 1 N–H and O–H groups in total. The molecule has 0 saturated carbocycles. The van der Waals surface area contributed by atoms with Gasteiger partial charge in [-0.1, -0.05) is 0 Å². The van der Waals surface area contributed by atoms with Gasteiger partial charge in [-0.3, -0.25) is 0 Å². The second-order valence-corrected chi connectivity index (χ2v) is 7.71. The highest BCUT2D eigenvalue weighted by atomic mass is 32.2. The van der Waals surface area contributed by atoms with Crippen LogP contribution in [0.15, 0.2) is 29.9 Å². The lowest BCUT2D eigenvalue weighted by Gasteiger charge is -2.32. The second-order valence-electron chi connectivity index (χ2n) is 6.00. The molecule has 0 aromatic carbocycles. The first-order chi connectivity index (χ1) is 12.0. The number of imidazole rings is 1. The van der Waals surface area contributed by atoms with Gasteiger partial charge >= 0.3 is 0 Å². The number of nitriles is 1. The number of aryl methyl sites for hydroxylation is 1. The third-order valence-electron chi connectivity index (χ3n) is 4.22. The Balaban J connectivity index is 1.56. The van der Waals surface area contributed by atoms with Crippen LogP contribution < -0.4 is 9.62 Å². The third kappa shape index (κ3) is 3.94. The fraction of sp³-hybridized carbons (Fsp3) is 0.467. The molecule has 0 aliphatic carbocycles. The molecule has 9 nitrogen and oxygen atoms in total. The molecule has 2 aromatic heterocycles. The number of nitrogens with zero attached hydrogens (tertiary/aromatic N) is 6. The first kappa shape index (κ1) is 17.3. The first-order valence-electron chi connectivity index (χ1n) is 7.93.